The zero-order chi connectivity index (χ0) is 12.5. The van der Waals surface area contributed by atoms with Crippen molar-refractivity contribution in [2.24, 2.45) is 5.92 Å². The third kappa shape index (κ3) is 5.64. The summed E-state index contributed by atoms with van der Waals surface area (Å²) in [6.45, 7) is 8.93. The van der Waals surface area contributed by atoms with E-state index in [2.05, 4.69) is 31.1 Å². The number of unbranched alkanes of at least 4 members (excludes halogenated alkanes) is 1. The summed E-state index contributed by atoms with van der Waals surface area (Å²) in [5.41, 5.74) is 3.15. The molecule has 1 rings (SSSR count). The molecule has 2 nitrogen and oxygen atoms in total. The highest BCUT2D eigenvalue weighted by molar-refractivity contribution is 7.09. The first-order valence-corrected chi connectivity index (χ1v) is 7.75. The lowest BCUT2D eigenvalue weighted by atomic mass is 9.99. The Kier molecular flexibility index (Phi) is 7.45. The van der Waals surface area contributed by atoms with E-state index in [1.54, 1.807) is 11.3 Å². The predicted molar refractivity (Wildman–Crippen MR) is 76.7 cm³/mol. The fourth-order valence-corrected chi connectivity index (χ4v) is 2.80. The summed E-state index contributed by atoms with van der Waals surface area (Å²) in [5, 5.41) is 3.59. The van der Waals surface area contributed by atoms with E-state index in [1.807, 2.05) is 5.51 Å². The lowest BCUT2D eigenvalue weighted by molar-refractivity contribution is 0.421. The van der Waals surface area contributed by atoms with Crippen LogP contribution in [0.4, 0.5) is 0 Å². The molecule has 0 aliphatic heterocycles. The minimum Gasteiger partial charge on any atom is -0.316 e. The van der Waals surface area contributed by atoms with Gasteiger partial charge in [0, 0.05) is 11.4 Å². The summed E-state index contributed by atoms with van der Waals surface area (Å²) < 4.78 is 0. The second kappa shape index (κ2) is 8.65. The maximum Gasteiger partial charge on any atom is 0.0797 e. The van der Waals surface area contributed by atoms with E-state index in [9.17, 15) is 0 Å². The molecule has 0 aliphatic rings. The highest BCUT2D eigenvalue weighted by Crippen LogP contribution is 2.13. The van der Waals surface area contributed by atoms with E-state index in [0.29, 0.717) is 0 Å². The Hall–Kier alpha value is -0.410. The molecule has 1 N–H and O–H groups in total. The Labute approximate surface area is 110 Å². The van der Waals surface area contributed by atoms with Gasteiger partial charge in [0.25, 0.3) is 0 Å². The molecule has 1 heterocycles. The summed E-state index contributed by atoms with van der Waals surface area (Å²) in [7, 11) is 0. The Balaban J connectivity index is 2.12. The molecule has 0 bridgehead atoms. The van der Waals surface area contributed by atoms with Gasteiger partial charge < -0.3 is 5.32 Å². The molecule has 0 amide bonds. The monoisotopic (exact) mass is 254 g/mol. The van der Waals surface area contributed by atoms with Crippen LogP contribution < -0.4 is 5.32 Å². The van der Waals surface area contributed by atoms with Gasteiger partial charge in [-0.15, -0.1) is 11.3 Å². The van der Waals surface area contributed by atoms with Gasteiger partial charge in [-0.2, -0.15) is 0 Å². The number of hydrogen-bond acceptors (Lipinski definition) is 3. The molecule has 1 unspecified atom stereocenters. The molecule has 0 spiro atoms. The largest absolute Gasteiger partial charge is 0.316 e. The fraction of sp³-hybridized carbons (Fsp3) is 0.786. The van der Waals surface area contributed by atoms with Crippen molar-refractivity contribution in [2.75, 3.05) is 13.1 Å². The maximum atomic E-state index is 4.28. The summed E-state index contributed by atoms with van der Waals surface area (Å²) in [5.74, 6) is 0.859. The minimum atomic E-state index is 0.859. The average molecular weight is 254 g/mol. The summed E-state index contributed by atoms with van der Waals surface area (Å²) >= 11 is 1.78. The van der Waals surface area contributed by atoms with Crippen molar-refractivity contribution in [3.8, 4) is 0 Å². The summed E-state index contributed by atoms with van der Waals surface area (Å²) in [6, 6.07) is 0. The number of aromatic nitrogens is 1. The van der Waals surface area contributed by atoms with Crippen LogP contribution in [-0.4, -0.2) is 18.1 Å². The second-order valence-corrected chi connectivity index (χ2v) is 5.67. The highest BCUT2D eigenvalue weighted by atomic mass is 32.1. The summed E-state index contributed by atoms with van der Waals surface area (Å²) in [4.78, 5) is 5.71. The quantitative estimate of drug-likeness (QED) is 0.678. The zero-order valence-corrected chi connectivity index (χ0v) is 12.3. The third-order valence-electron chi connectivity index (χ3n) is 3.35. The van der Waals surface area contributed by atoms with Crippen LogP contribution >= 0.6 is 11.3 Å². The van der Waals surface area contributed by atoms with Crippen LogP contribution in [0.5, 0.6) is 0 Å². The number of thiazole rings is 1. The van der Waals surface area contributed by atoms with Crippen molar-refractivity contribution in [3.63, 3.8) is 0 Å². The number of aryl methyl sites for hydroxylation is 1. The van der Waals surface area contributed by atoms with E-state index >= 15 is 0 Å². The predicted octanol–water partition coefficient (Wildman–Crippen LogP) is 3.80. The van der Waals surface area contributed by atoms with Gasteiger partial charge in [0.05, 0.1) is 11.2 Å². The van der Waals surface area contributed by atoms with Crippen LogP contribution in [0.25, 0.3) is 0 Å². The number of rotatable bonds is 9. The van der Waals surface area contributed by atoms with Crippen molar-refractivity contribution in [3.05, 3.63) is 16.1 Å². The van der Waals surface area contributed by atoms with Crippen molar-refractivity contribution < 1.29 is 0 Å². The molecule has 17 heavy (non-hydrogen) atoms. The Morgan fingerprint density at radius 2 is 2.24 bits per heavy atom. The van der Waals surface area contributed by atoms with Crippen LogP contribution in [0.2, 0.25) is 0 Å². The van der Waals surface area contributed by atoms with Gasteiger partial charge >= 0.3 is 0 Å². The van der Waals surface area contributed by atoms with E-state index in [0.717, 1.165) is 18.9 Å². The van der Waals surface area contributed by atoms with Gasteiger partial charge in [-0.25, -0.2) is 4.98 Å². The molecule has 1 aromatic heterocycles. The Morgan fingerprint density at radius 3 is 2.82 bits per heavy atom. The highest BCUT2D eigenvalue weighted by Gasteiger charge is 2.05. The van der Waals surface area contributed by atoms with Crippen molar-refractivity contribution in [1.29, 1.82) is 0 Å². The molecule has 0 aliphatic carbocycles. The van der Waals surface area contributed by atoms with Crippen LogP contribution in [0.3, 0.4) is 0 Å². The first-order chi connectivity index (χ1) is 8.27. The SMILES string of the molecule is CCCCC(CC)CNCCc1scnc1C. The lowest BCUT2D eigenvalue weighted by Gasteiger charge is -2.15. The molecular weight excluding hydrogens is 228 g/mol. The standard InChI is InChI=1S/C14H26N2S/c1-4-6-7-13(5-2)10-15-9-8-14-12(3)16-11-17-14/h11,13,15H,4-10H2,1-3H3. The molecule has 0 saturated heterocycles. The van der Waals surface area contributed by atoms with E-state index < -0.39 is 0 Å². The van der Waals surface area contributed by atoms with E-state index in [-0.39, 0.29) is 0 Å². The Bertz CT molecular complexity index is 296. The second-order valence-electron chi connectivity index (χ2n) is 4.73. The Morgan fingerprint density at radius 1 is 1.41 bits per heavy atom. The van der Waals surface area contributed by atoms with E-state index in [1.165, 1.54) is 42.8 Å². The number of nitrogens with one attached hydrogen (secondary N) is 1. The summed E-state index contributed by atoms with van der Waals surface area (Å²) in [6.07, 6.45) is 6.48. The van der Waals surface area contributed by atoms with Crippen LogP contribution in [0, 0.1) is 12.8 Å². The van der Waals surface area contributed by atoms with Gasteiger partial charge in [0.1, 0.15) is 0 Å². The fourth-order valence-electron chi connectivity index (χ4n) is 2.02. The number of hydrogen-bond donors (Lipinski definition) is 1. The maximum absolute atomic E-state index is 4.28. The van der Waals surface area contributed by atoms with Crippen LogP contribution in [0.1, 0.15) is 50.1 Å². The molecule has 0 fully saturated rings. The molecular formula is C14H26N2S. The van der Waals surface area contributed by atoms with Gasteiger partial charge in [-0.3, -0.25) is 0 Å². The zero-order valence-electron chi connectivity index (χ0n) is 11.5. The topological polar surface area (TPSA) is 24.9 Å². The van der Waals surface area contributed by atoms with E-state index in [4.69, 9.17) is 0 Å². The van der Waals surface area contributed by atoms with Gasteiger partial charge in [0.2, 0.25) is 0 Å². The minimum absolute atomic E-state index is 0.859. The molecule has 0 saturated carbocycles. The van der Waals surface area contributed by atoms with Crippen molar-refractivity contribution >= 4 is 11.3 Å². The molecule has 1 aromatic rings. The number of nitrogens with zero attached hydrogens (tertiary/aromatic N) is 1. The molecule has 0 aromatic carbocycles. The average Bonchev–Trinajstić information content (AvgIpc) is 2.74. The van der Waals surface area contributed by atoms with Gasteiger partial charge in [0.15, 0.2) is 0 Å². The third-order valence-corrected chi connectivity index (χ3v) is 4.34. The van der Waals surface area contributed by atoms with Crippen LogP contribution in [0.15, 0.2) is 5.51 Å². The van der Waals surface area contributed by atoms with Gasteiger partial charge in [-0.1, -0.05) is 33.1 Å². The first kappa shape index (κ1) is 14.7. The normalized spacial score (nSPS) is 12.9. The van der Waals surface area contributed by atoms with Gasteiger partial charge in [-0.05, 0) is 32.2 Å². The first-order valence-electron chi connectivity index (χ1n) is 6.87. The molecule has 1 atom stereocenters. The lowest BCUT2D eigenvalue weighted by Crippen LogP contribution is -2.24. The van der Waals surface area contributed by atoms with Crippen LogP contribution in [-0.2, 0) is 6.42 Å². The molecule has 0 radical (unpaired) electrons. The smallest absolute Gasteiger partial charge is 0.0797 e. The van der Waals surface area contributed by atoms with Crippen molar-refractivity contribution in [2.45, 2.75) is 52.9 Å². The molecule has 98 valence electrons. The molecule has 3 heteroatoms. The van der Waals surface area contributed by atoms with Crippen molar-refractivity contribution in [1.82, 2.24) is 10.3 Å².